The molecule has 0 aliphatic rings. The van der Waals surface area contributed by atoms with Crippen molar-refractivity contribution in [1.29, 1.82) is 0 Å². The van der Waals surface area contributed by atoms with Crippen LogP contribution in [0.5, 0.6) is 0 Å². The number of nitrogens with zero attached hydrogens (tertiary/aromatic N) is 1. The summed E-state index contributed by atoms with van der Waals surface area (Å²) in [7, 11) is 0. The van der Waals surface area contributed by atoms with E-state index >= 15 is 0 Å². The number of aromatic nitrogens is 1. The highest BCUT2D eigenvalue weighted by atomic mass is 35.5. The third kappa shape index (κ3) is 3.23. The Hall–Kier alpha value is -1.54. The number of anilines is 1. The minimum atomic E-state index is -5.16. The summed E-state index contributed by atoms with van der Waals surface area (Å²) in [4.78, 5) is 24.7. The highest BCUT2D eigenvalue weighted by Gasteiger charge is 2.39. The van der Waals surface area contributed by atoms with E-state index in [2.05, 4.69) is 4.98 Å². The van der Waals surface area contributed by atoms with Gasteiger partial charge >= 0.3 is 18.1 Å². The molecule has 0 atom stereocenters. The molecule has 10 heteroatoms. The second-order valence-electron chi connectivity index (χ2n) is 2.91. The molecule has 0 aliphatic carbocycles. The third-order valence-electron chi connectivity index (χ3n) is 1.64. The van der Waals surface area contributed by atoms with Crippen molar-refractivity contribution >= 4 is 40.8 Å². The van der Waals surface area contributed by atoms with Crippen LogP contribution in [0.15, 0.2) is 6.07 Å². The van der Waals surface area contributed by atoms with Crippen LogP contribution in [0.2, 0.25) is 10.2 Å². The fourth-order valence-electron chi connectivity index (χ4n) is 0.918. The zero-order chi connectivity index (χ0) is 14.1. The number of nitrogens with one attached hydrogen (secondary N) is 1. The van der Waals surface area contributed by atoms with Crippen LogP contribution in [-0.4, -0.2) is 28.1 Å². The molecule has 0 aromatic carbocycles. The van der Waals surface area contributed by atoms with E-state index in [-0.39, 0.29) is 5.02 Å². The first-order valence-corrected chi connectivity index (χ1v) is 4.86. The molecule has 1 aromatic rings. The lowest BCUT2D eigenvalue weighted by Gasteiger charge is -2.10. The van der Waals surface area contributed by atoms with Crippen molar-refractivity contribution in [3.63, 3.8) is 0 Å². The Morgan fingerprint density at radius 2 is 1.89 bits per heavy atom. The summed E-state index contributed by atoms with van der Waals surface area (Å²) in [6.45, 7) is 0. The molecule has 2 N–H and O–H groups in total. The molecule has 98 valence electrons. The highest BCUT2D eigenvalue weighted by Crippen LogP contribution is 2.27. The van der Waals surface area contributed by atoms with Crippen LogP contribution in [0.4, 0.5) is 18.9 Å². The molecule has 18 heavy (non-hydrogen) atoms. The standard InChI is InChI=1S/C8H3Cl2F3N2O3/c9-2-1-3(14-7(18)8(11,12)13)4(6(16)17)15-5(2)10/h1H,(H,14,18)(H,16,17). The van der Waals surface area contributed by atoms with E-state index in [1.54, 1.807) is 0 Å². The molecule has 0 bridgehead atoms. The first kappa shape index (κ1) is 14.5. The number of pyridine rings is 1. The van der Waals surface area contributed by atoms with E-state index in [1.165, 1.54) is 5.32 Å². The number of aromatic carboxylic acids is 1. The van der Waals surface area contributed by atoms with Gasteiger partial charge in [-0.15, -0.1) is 0 Å². The second-order valence-corrected chi connectivity index (χ2v) is 3.68. The van der Waals surface area contributed by atoms with E-state index < -0.39 is 34.6 Å². The summed E-state index contributed by atoms with van der Waals surface area (Å²) in [6, 6.07) is 0.768. The first-order valence-electron chi connectivity index (χ1n) is 4.10. The average molecular weight is 303 g/mol. The van der Waals surface area contributed by atoms with Gasteiger partial charge in [-0.1, -0.05) is 23.2 Å². The molecule has 1 amide bonds. The van der Waals surface area contributed by atoms with Crippen LogP contribution >= 0.6 is 23.2 Å². The van der Waals surface area contributed by atoms with E-state index in [0.717, 1.165) is 6.07 Å². The zero-order valence-corrected chi connectivity index (χ0v) is 9.69. The van der Waals surface area contributed by atoms with E-state index in [9.17, 15) is 22.8 Å². The van der Waals surface area contributed by atoms with Crippen molar-refractivity contribution in [2.24, 2.45) is 0 Å². The fourth-order valence-corrected chi connectivity index (χ4v) is 1.21. The van der Waals surface area contributed by atoms with Crippen molar-refractivity contribution in [3.05, 3.63) is 21.9 Å². The van der Waals surface area contributed by atoms with Crippen LogP contribution in [0.25, 0.3) is 0 Å². The molecule has 1 heterocycles. The molecule has 0 saturated carbocycles. The molecule has 0 saturated heterocycles. The highest BCUT2D eigenvalue weighted by molar-refractivity contribution is 6.41. The van der Waals surface area contributed by atoms with Crippen LogP contribution in [0.3, 0.4) is 0 Å². The summed E-state index contributed by atoms with van der Waals surface area (Å²) in [5.74, 6) is -4.00. The van der Waals surface area contributed by atoms with Gasteiger partial charge in [0.2, 0.25) is 0 Å². The average Bonchev–Trinajstić information content (AvgIpc) is 2.21. The predicted molar refractivity (Wildman–Crippen MR) is 55.9 cm³/mol. The molecule has 0 spiro atoms. The quantitative estimate of drug-likeness (QED) is 0.823. The molecular formula is C8H3Cl2F3N2O3. The number of carbonyl (C=O) groups is 2. The monoisotopic (exact) mass is 302 g/mol. The third-order valence-corrected chi connectivity index (χ3v) is 2.31. The maximum Gasteiger partial charge on any atom is 0.471 e. The maximum atomic E-state index is 12.0. The number of carboxylic acids is 1. The Morgan fingerprint density at radius 3 is 2.33 bits per heavy atom. The number of amides is 1. The molecule has 0 fully saturated rings. The maximum absolute atomic E-state index is 12.0. The Bertz CT molecular complexity index is 519. The largest absolute Gasteiger partial charge is 0.476 e. The molecule has 1 aromatic heterocycles. The van der Waals surface area contributed by atoms with Gasteiger partial charge in [0.15, 0.2) is 5.69 Å². The summed E-state index contributed by atoms with van der Waals surface area (Å²) < 4.78 is 36.0. The van der Waals surface area contributed by atoms with Gasteiger partial charge in [0.1, 0.15) is 5.15 Å². The number of hydrogen-bond donors (Lipinski definition) is 2. The van der Waals surface area contributed by atoms with Crippen molar-refractivity contribution < 1.29 is 27.9 Å². The topological polar surface area (TPSA) is 79.3 Å². The van der Waals surface area contributed by atoms with E-state index in [1.807, 2.05) is 0 Å². The van der Waals surface area contributed by atoms with Crippen LogP contribution < -0.4 is 5.32 Å². The van der Waals surface area contributed by atoms with Crippen molar-refractivity contribution in [2.45, 2.75) is 6.18 Å². The molecule has 1 rings (SSSR count). The van der Waals surface area contributed by atoms with E-state index in [4.69, 9.17) is 28.3 Å². The lowest BCUT2D eigenvalue weighted by Crippen LogP contribution is -2.30. The number of carboxylic acid groups (broad SMARTS) is 1. The molecule has 0 radical (unpaired) electrons. The van der Waals surface area contributed by atoms with Gasteiger partial charge in [-0.3, -0.25) is 4.79 Å². The van der Waals surface area contributed by atoms with Gasteiger partial charge in [0, 0.05) is 0 Å². The van der Waals surface area contributed by atoms with Gasteiger partial charge in [-0.05, 0) is 6.07 Å². The van der Waals surface area contributed by atoms with Crippen LogP contribution in [0, 0.1) is 0 Å². The van der Waals surface area contributed by atoms with Crippen LogP contribution in [-0.2, 0) is 4.79 Å². The Balaban J connectivity index is 3.20. The van der Waals surface area contributed by atoms with Crippen LogP contribution in [0.1, 0.15) is 10.5 Å². The summed E-state index contributed by atoms with van der Waals surface area (Å²) >= 11 is 10.9. The predicted octanol–water partition coefficient (Wildman–Crippen LogP) is 2.59. The minimum Gasteiger partial charge on any atom is -0.476 e. The molecule has 0 aliphatic heterocycles. The first-order chi connectivity index (χ1) is 8.12. The number of hydrogen-bond acceptors (Lipinski definition) is 3. The molecule has 0 unspecified atom stereocenters. The summed E-state index contributed by atoms with van der Waals surface area (Å²) in [5, 5.41) is 9.35. The summed E-state index contributed by atoms with van der Waals surface area (Å²) in [6.07, 6.45) is -5.16. The fraction of sp³-hybridized carbons (Fsp3) is 0.125. The summed E-state index contributed by atoms with van der Waals surface area (Å²) in [5.41, 5.74) is -1.54. The Morgan fingerprint density at radius 1 is 1.33 bits per heavy atom. The minimum absolute atomic E-state index is 0.292. The second kappa shape index (κ2) is 4.99. The van der Waals surface area contributed by atoms with Crippen molar-refractivity contribution in [3.8, 4) is 0 Å². The van der Waals surface area contributed by atoms with Gasteiger partial charge in [0.05, 0.1) is 10.7 Å². The van der Waals surface area contributed by atoms with Crippen molar-refractivity contribution in [2.75, 3.05) is 5.32 Å². The van der Waals surface area contributed by atoms with E-state index in [0.29, 0.717) is 0 Å². The Labute approximate surface area is 108 Å². The van der Waals surface area contributed by atoms with Gasteiger partial charge in [-0.25, -0.2) is 9.78 Å². The molecule has 5 nitrogen and oxygen atoms in total. The number of alkyl halides is 3. The smallest absolute Gasteiger partial charge is 0.471 e. The van der Waals surface area contributed by atoms with Gasteiger partial charge < -0.3 is 10.4 Å². The van der Waals surface area contributed by atoms with Gasteiger partial charge in [-0.2, -0.15) is 13.2 Å². The number of halogens is 5. The lowest BCUT2D eigenvalue weighted by molar-refractivity contribution is -0.167. The zero-order valence-electron chi connectivity index (χ0n) is 8.18. The lowest BCUT2D eigenvalue weighted by atomic mass is 10.3. The number of carbonyl (C=O) groups excluding carboxylic acids is 1. The SMILES string of the molecule is O=C(O)c1nc(Cl)c(Cl)cc1NC(=O)C(F)(F)F. The Kier molecular flexibility index (Phi) is 4.02. The number of rotatable bonds is 2. The van der Waals surface area contributed by atoms with Gasteiger partial charge in [0.25, 0.3) is 0 Å². The molecular weight excluding hydrogens is 300 g/mol. The normalized spacial score (nSPS) is 11.2. The van der Waals surface area contributed by atoms with Crippen molar-refractivity contribution in [1.82, 2.24) is 4.98 Å².